The molecule has 7 heteroatoms. The standard InChI is InChI=1S/C24H19N3O3S/c25-12-13-29-19-8-5-6-17(14-19)15-26-23(28)20-9-2-1-7-18(20)16-31-24-27-21-10-3-4-11-22(21)30-24/h1-11,14H,13,15-16H2,(H,26,28). The van der Waals surface area contributed by atoms with E-state index in [1.165, 1.54) is 11.8 Å². The highest BCUT2D eigenvalue weighted by molar-refractivity contribution is 7.98. The highest BCUT2D eigenvalue weighted by Gasteiger charge is 2.13. The van der Waals surface area contributed by atoms with Gasteiger partial charge in [-0.1, -0.05) is 54.2 Å². The molecule has 1 amide bonds. The molecule has 0 atom stereocenters. The molecule has 4 aromatic rings. The molecule has 0 fully saturated rings. The summed E-state index contributed by atoms with van der Waals surface area (Å²) in [6.07, 6.45) is 0. The van der Waals surface area contributed by atoms with E-state index in [0.29, 0.717) is 28.8 Å². The van der Waals surface area contributed by atoms with Crippen molar-refractivity contribution < 1.29 is 13.9 Å². The number of carbonyl (C=O) groups excluding carboxylic acids is 1. The molecule has 6 nitrogen and oxygen atoms in total. The number of hydrogen-bond acceptors (Lipinski definition) is 6. The number of rotatable bonds is 8. The lowest BCUT2D eigenvalue weighted by molar-refractivity contribution is 0.0950. The van der Waals surface area contributed by atoms with Gasteiger partial charge in [-0.2, -0.15) is 5.26 Å². The molecular weight excluding hydrogens is 410 g/mol. The average molecular weight is 430 g/mol. The van der Waals surface area contributed by atoms with Crippen LogP contribution in [0.25, 0.3) is 11.1 Å². The average Bonchev–Trinajstić information content (AvgIpc) is 3.23. The van der Waals surface area contributed by atoms with Gasteiger partial charge in [-0.25, -0.2) is 4.98 Å². The van der Waals surface area contributed by atoms with Gasteiger partial charge in [0.25, 0.3) is 11.1 Å². The van der Waals surface area contributed by atoms with Crippen molar-refractivity contribution in [3.63, 3.8) is 0 Å². The number of benzene rings is 3. The summed E-state index contributed by atoms with van der Waals surface area (Å²) in [7, 11) is 0. The van der Waals surface area contributed by atoms with Gasteiger partial charge in [0.05, 0.1) is 0 Å². The van der Waals surface area contributed by atoms with Gasteiger partial charge in [-0.15, -0.1) is 0 Å². The molecule has 0 unspecified atom stereocenters. The molecule has 31 heavy (non-hydrogen) atoms. The van der Waals surface area contributed by atoms with Crippen LogP contribution >= 0.6 is 11.8 Å². The lowest BCUT2D eigenvalue weighted by Crippen LogP contribution is -2.23. The van der Waals surface area contributed by atoms with Gasteiger partial charge < -0.3 is 14.5 Å². The number of nitrogens with one attached hydrogen (secondary N) is 1. The maximum Gasteiger partial charge on any atom is 0.257 e. The predicted molar refractivity (Wildman–Crippen MR) is 119 cm³/mol. The lowest BCUT2D eigenvalue weighted by Gasteiger charge is -2.10. The third-order valence-corrected chi connectivity index (χ3v) is 5.42. The molecule has 3 aromatic carbocycles. The minimum absolute atomic E-state index is 0.0130. The first-order chi connectivity index (χ1) is 15.2. The number of hydrogen-bond donors (Lipinski definition) is 1. The van der Waals surface area contributed by atoms with Crippen LogP contribution in [0.15, 0.2) is 82.4 Å². The van der Waals surface area contributed by atoms with Crippen molar-refractivity contribution in [2.45, 2.75) is 17.5 Å². The summed E-state index contributed by atoms with van der Waals surface area (Å²) in [6, 6.07) is 24.4. The zero-order chi connectivity index (χ0) is 21.5. The molecule has 0 aliphatic carbocycles. The Morgan fingerprint density at radius 2 is 1.94 bits per heavy atom. The fourth-order valence-corrected chi connectivity index (χ4v) is 3.90. The summed E-state index contributed by atoms with van der Waals surface area (Å²) in [5.74, 6) is 1.01. The lowest BCUT2D eigenvalue weighted by atomic mass is 10.1. The number of amides is 1. The van der Waals surface area contributed by atoms with E-state index >= 15 is 0 Å². The molecular formula is C24H19N3O3S. The molecule has 1 aromatic heterocycles. The van der Waals surface area contributed by atoms with Crippen molar-refractivity contribution >= 4 is 28.8 Å². The van der Waals surface area contributed by atoms with E-state index in [9.17, 15) is 4.79 Å². The maximum absolute atomic E-state index is 12.8. The van der Waals surface area contributed by atoms with Crippen molar-refractivity contribution in [3.8, 4) is 11.8 Å². The van der Waals surface area contributed by atoms with Crippen molar-refractivity contribution in [2.24, 2.45) is 0 Å². The Morgan fingerprint density at radius 3 is 2.81 bits per heavy atom. The zero-order valence-electron chi connectivity index (χ0n) is 16.6. The Hall–Kier alpha value is -3.76. The molecule has 4 rings (SSSR count). The SMILES string of the molecule is N#CCOc1cccc(CNC(=O)c2ccccc2CSc2nc3ccccc3o2)c1. The Labute approximate surface area is 183 Å². The van der Waals surface area contributed by atoms with Crippen LogP contribution in [-0.4, -0.2) is 17.5 Å². The van der Waals surface area contributed by atoms with Crippen LogP contribution in [0.3, 0.4) is 0 Å². The number of fused-ring (bicyclic) bond motifs is 1. The van der Waals surface area contributed by atoms with Crippen LogP contribution in [-0.2, 0) is 12.3 Å². The second-order valence-electron chi connectivity index (χ2n) is 6.67. The molecule has 0 saturated carbocycles. The number of oxazole rings is 1. The van der Waals surface area contributed by atoms with Gasteiger partial charge in [0.15, 0.2) is 12.2 Å². The summed E-state index contributed by atoms with van der Waals surface area (Å²) in [5.41, 5.74) is 3.97. The topological polar surface area (TPSA) is 88.1 Å². The van der Waals surface area contributed by atoms with Gasteiger partial charge in [0.1, 0.15) is 17.3 Å². The molecule has 0 bridgehead atoms. The van der Waals surface area contributed by atoms with E-state index in [1.54, 1.807) is 6.07 Å². The molecule has 0 saturated heterocycles. The minimum Gasteiger partial charge on any atom is -0.479 e. The Morgan fingerprint density at radius 1 is 1.10 bits per heavy atom. The second-order valence-corrected chi connectivity index (χ2v) is 7.60. The molecule has 0 spiro atoms. The van der Waals surface area contributed by atoms with Crippen LogP contribution in [0, 0.1) is 11.3 Å². The number of nitrogens with zero attached hydrogens (tertiary/aromatic N) is 2. The van der Waals surface area contributed by atoms with Crippen LogP contribution in [0.4, 0.5) is 0 Å². The first-order valence-electron chi connectivity index (χ1n) is 9.66. The number of carbonyl (C=O) groups is 1. The summed E-state index contributed by atoms with van der Waals surface area (Å²) >= 11 is 1.45. The van der Waals surface area contributed by atoms with Crippen molar-refractivity contribution in [3.05, 3.63) is 89.5 Å². The summed E-state index contributed by atoms with van der Waals surface area (Å²) in [5, 5.41) is 12.2. The van der Waals surface area contributed by atoms with Gasteiger partial charge in [0.2, 0.25) is 0 Å². The quantitative estimate of drug-likeness (QED) is 0.399. The van der Waals surface area contributed by atoms with Crippen LogP contribution in [0.1, 0.15) is 21.5 Å². The van der Waals surface area contributed by atoms with Crippen molar-refractivity contribution in [2.75, 3.05) is 6.61 Å². The Bertz CT molecular complexity index is 1210. The molecule has 1 N–H and O–H groups in total. The first-order valence-corrected chi connectivity index (χ1v) is 10.6. The number of nitriles is 1. The van der Waals surface area contributed by atoms with Gasteiger partial charge in [0, 0.05) is 17.9 Å². The van der Waals surface area contributed by atoms with Crippen molar-refractivity contribution in [1.82, 2.24) is 10.3 Å². The first kappa shape index (κ1) is 20.5. The highest BCUT2D eigenvalue weighted by atomic mass is 32.2. The zero-order valence-corrected chi connectivity index (χ0v) is 17.4. The monoisotopic (exact) mass is 429 g/mol. The number of thioether (sulfide) groups is 1. The van der Waals surface area contributed by atoms with Crippen LogP contribution in [0.2, 0.25) is 0 Å². The number of aromatic nitrogens is 1. The van der Waals surface area contributed by atoms with E-state index < -0.39 is 0 Å². The normalized spacial score (nSPS) is 10.5. The smallest absolute Gasteiger partial charge is 0.257 e. The third kappa shape index (κ3) is 5.24. The number of ether oxygens (including phenoxy) is 1. The Kier molecular flexibility index (Phi) is 6.50. The molecule has 0 aliphatic heterocycles. The molecule has 1 heterocycles. The second kappa shape index (κ2) is 9.83. The van der Waals surface area contributed by atoms with Gasteiger partial charge >= 0.3 is 0 Å². The minimum atomic E-state index is -0.155. The third-order valence-electron chi connectivity index (χ3n) is 4.54. The highest BCUT2D eigenvalue weighted by Crippen LogP contribution is 2.27. The van der Waals surface area contributed by atoms with E-state index in [-0.39, 0.29) is 12.5 Å². The van der Waals surface area contributed by atoms with E-state index in [1.807, 2.05) is 72.8 Å². The summed E-state index contributed by atoms with van der Waals surface area (Å²) < 4.78 is 11.1. The van der Waals surface area contributed by atoms with Crippen LogP contribution < -0.4 is 10.1 Å². The summed E-state index contributed by atoms with van der Waals surface area (Å²) in [4.78, 5) is 17.3. The fourth-order valence-electron chi connectivity index (χ4n) is 3.06. The molecule has 0 aliphatic rings. The number of para-hydroxylation sites is 2. The van der Waals surface area contributed by atoms with E-state index in [0.717, 1.165) is 22.2 Å². The molecule has 0 radical (unpaired) electrons. The van der Waals surface area contributed by atoms with E-state index in [4.69, 9.17) is 14.4 Å². The van der Waals surface area contributed by atoms with E-state index in [2.05, 4.69) is 10.3 Å². The predicted octanol–water partition coefficient (Wildman–Crippen LogP) is 4.95. The van der Waals surface area contributed by atoms with Gasteiger partial charge in [-0.05, 0) is 41.5 Å². The van der Waals surface area contributed by atoms with Gasteiger partial charge in [-0.3, -0.25) is 4.79 Å². The Balaban J connectivity index is 1.40. The fraction of sp³-hybridized carbons (Fsp3) is 0.125. The van der Waals surface area contributed by atoms with Crippen molar-refractivity contribution in [1.29, 1.82) is 5.26 Å². The maximum atomic E-state index is 12.8. The summed E-state index contributed by atoms with van der Waals surface area (Å²) in [6.45, 7) is 0.343. The molecule has 154 valence electrons. The largest absolute Gasteiger partial charge is 0.479 e. The van der Waals surface area contributed by atoms with Crippen LogP contribution in [0.5, 0.6) is 5.75 Å².